The number of carbonyl (C=O) groups is 1. The number of hydrogen-bond donors (Lipinski definition) is 0. The number of nitrogens with zero attached hydrogens (tertiary/aromatic N) is 2. The lowest BCUT2D eigenvalue weighted by molar-refractivity contribution is 0.0991. The highest BCUT2D eigenvalue weighted by molar-refractivity contribution is 5.99. The number of aromatic nitrogens is 2. The molecular formula is C30H24N2O. The van der Waals surface area contributed by atoms with E-state index in [9.17, 15) is 4.79 Å². The Kier molecular flexibility index (Phi) is 5.77. The van der Waals surface area contributed by atoms with Crippen molar-refractivity contribution in [1.82, 2.24) is 9.97 Å². The fourth-order valence-electron chi connectivity index (χ4n) is 4.29. The monoisotopic (exact) mass is 428 g/mol. The highest BCUT2D eigenvalue weighted by Gasteiger charge is 2.14. The number of carbonyl (C=O) groups excluding carboxylic acids is 1. The Balaban J connectivity index is 1.40. The minimum Gasteiger partial charge on any atom is -0.294 e. The first-order valence-electron chi connectivity index (χ1n) is 11.1. The molecule has 3 nitrogen and oxygen atoms in total. The van der Waals surface area contributed by atoms with Crippen LogP contribution in [0.15, 0.2) is 104 Å². The molecule has 0 fully saturated rings. The molecule has 0 atom stereocenters. The number of aryl methyl sites for hydroxylation is 1. The molecule has 0 aliphatic rings. The van der Waals surface area contributed by atoms with Crippen molar-refractivity contribution in [2.24, 2.45) is 0 Å². The average Bonchev–Trinajstić information content (AvgIpc) is 2.86. The van der Waals surface area contributed by atoms with Crippen LogP contribution in [0.1, 0.15) is 32.7 Å². The number of ketones is 1. The zero-order valence-electron chi connectivity index (χ0n) is 18.5. The van der Waals surface area contributed by atoms with Gasteiger partial charge in [0.15, 0.2) is 5.78 Å². The smallest absolute Gasteiger partial charge is 0.169 e. The summed E-state index contributed by atoms with van der Waals surface area (Å²) < 4.78 is 0. The van der Waals surface area contributed by atoms with Gasteiger partial charge in [-0.1, -0.05) is 66.7 Å². The number of fused-ring (bicyclic) bond motifs is 1. The predicted molar refractivity (Wildman–Crippen MR) is 133 cm³/mol. The van der Waals surface area contributed by atoms with Crippen LogP contribution in [-0.2, 0) is 12.8 Å². The number of benzene rings is 3. The summed E-state index contributed by atoms with van der Waals surface area (Å²) in [5, 5.41) is 2.38. The number of pyridine rings is 2. The van der Waals surface area contributed by atoms with Gasteiger partial charge in [-0.3, -0.25) is 14.8 Å². The second-order valence-corrected chi connectivity index (χ2v) is 8.31. The van der Waals surface area contributed by atoms with Gasteiger partial charge in [0.1, 0.15) is 0 Å². The van der Waals surface area contributed by atoms with E-state index in [1.54, 1.807) is 6.20 Å². The van der Waals surface area contributed by atoms with Crippen molar-refractivity contribution < 1.29 is 4.79 Å². The van der Waals surface area contributed by atoms with Crippen LogP contribution < -0.4 is 0 Å². The van der Waals surface area contributed by atoms with Gasteiger partial charge in [-0.2, -0.15) is 0 Å². The fraction of sp³-hybridized carbons (Fsp3) is 0.100. The highest BCUT2D eigenvalue weighted by Crippen LogP contribution is 2.30. The maximum absolute atomic E-state index is 13.0. The van der Waals surface area contributed by atoms with E-state index in [-0.39, 0.29) is 5.78 Å². The summed E-state index contributed by atoms with van der Waals surface area (Å²) in [4.78, 5) is 21.8. The van der Waals surface area contributed by atoms with Crippen molar-refractivity contribution in [1.29, 1.82) is 0 Å². The van der Waals surface area contributed by atoms with Gasteiger partial charge in [-0.05, 0) is 58.3 Å². The van der Waals surface area contributed by atoms with Crippen LogP contribution in [0, 0.1) is 6.92 Å². The lowest BCUT2D eigenvalue weighted by Crippen LogP contribution is -2.09. The van der Waals surface area contributed by atoms with E-state index in [2.05, 4.69) is 59.4 Å². The summed E-state index contributed by atoms with van der Waals surface area (Å²) in [6.07, 6.45) is 6.53. The minimum atomic E-state index is 0.0978. The quantitative estimate of drug-likeness (QED) is 0.285. The molecular weight excluding hydrogens is 404 g/mol. The van der Waals surface area contributed by atoms with Gasteiger partial charge >= 0.3 is 0 Å². The maximum atomic E-state index is 13.0. The molecule has 0 bridgehead atoms. The zero-order valence-corrected chi connectivity index (χ0v) is 18.5. The number of hydrogen-bond acceptors (Lipinski definition) is 3. The Hall–Kier alpha value is -4.11. The normalized spacial score (nSPS) is 10.9. The van der Waals surface area contributed by atoms with Gasteiger partial charge < -0.3 is 0 Å². The van der Waals surface area contributed by atoms with Crippen molar-refractivity contribution in [3.05, 3.63) is 131 Å². The molecule has 33 heavy (non-hydrogen) atoms. The first-order valence-corrected chi connectivity index (χ1v) is 11.1. The van der Waals surface area contributed by atoms with E-state index in [4.69, 9.17) is 0 Å². The molecule has 0 aliphatic heterocycles. The van der Waals surface area contributed by atoms with Crippen LogP contribution in [0.25, 0.3) is 21.9 Å². The summed E-state index contributed by atoms with van der Waals surface area (Å²) in [6, 6.07) is 28.5. The van der Waals surface area contributed by atoms with Crippen LogP contribution in [-0.4, -0.2) is 15.8 Å². The first kappa shape index (κ1) is 20.8. The average molecular weight is 429 g/mol. The molecule has 0 saturated carbocycles. The van der Waals surface area contributed by atoms with Crippen molar-refractivity contribution >= 4 is 16.6 Å². The van der Waals surface area contributed by atoms with Gasteiger partial charge in [0.2, 0.25) is 0 Å². The lowest BCUT2D eigenvalue weighted by atomic mass is 9.94. The Morgan fingerprint density at radius 2 is 1.58 bits per heavy atom. The second-order valence-electron chi connectivity index (χ2n) is 8.31. The lowest BCUT2D eigenvalue weighted by Gasteiger charge is -2.11. The largest absolute Gasteiger partial charge is 0.294 e. The Bertz CT molecular complexity index is 1420. The summed E-state index contributed by atoms with van der Waals surface area (Å²) in [7, 11) is 0. The van der Waals surface area contributed by atoms with E-state index >= 15 is 0 Å². The van der Waals surface area contributed by atoms with Crippen LogP contribution in [0.3, 0.4) is 0 Å². The third-order valence-corrected chi connectivity index (χ3v) is 6.07. The van der Waals surface area contributed by atoms with Gasteiger partial charge in [0, 0.05) is 42.4 Å². The van der Waals surface area contributed by atoms with Crippen LogP contribution >= 0.6 is 0 Å². The van der Waals surface area contributed by atoms with Gasteiger partial charge in [0.05, 0.1) is 5.69 Å². The molecule has 0 radical (unpaired) electrons. The standard InChI is InChI=1S/C30H24N2O/c1-21-9-14-25(26-15-17-31-20-28(21)26)24-12-10-23(11-13-24)18-29-27(8-5-16-32-29)30(33)19-22-6-3-2-4-7-22/h2-17,20H,18-19H2,1H3. The Morgan fingerprint density at radius 3 is 2.39 bits per heavy atom. The molecule has 0 amide bonds. The third kappa shape index (κ3) is 4.44. The fourth-order valence-corrected chi connectivity index (χ4v) is 4.29. The molecule has 2 aromatic heterocycles. The van der Waals surface area contributed by atoms with Crippen LogP contribution in [0.4, 0.5) is 0 Å². The van der Waals surface area contributed by atoms with Crippen LogP contribution in [0.5, 0.6) is 0 Å². The zero-order chi connectivity index (χ0) is 22.6. The molecule has 160 valence electrons. The summed E-state index contributed by atoms with van der Waals surface area (Å²) >= 11 is 0. The summed E-state index contributed by atoms with van der Waals surface area (Å²) in [5.74, 6) is 0.0978. The minimum absolute atomic E-state index is 0.0978. The molecule has 3 aromatic carbocycles. The third-order valence-electron chi connectivity index (χ3n) is 6.07. The van der Waals surface area contributed by atoms with E-state index < -0.39 is 0 Å². The Morgan fingerprint density at radius 1 is 0.758 bits per heavy atom. The number of rotatable bonds is 6. The van der Waals surface area contributed by atoms with E-state index in [0.717, 1.165) is 22.4 Å². The molecule has 2 heterocycles. The van der Waals surface area contributed by atoms with E-state index in [0.29, 0.717) is 18.4 Å². The molecule has 0 N–H and O–H groups in total. The predicted octanol–water partition coefficient (Wildman–Crippen LogP) is 6.62. The van der Waals surface area contributed by atoms with Crippen molar-refractivity contribution in [2.75, 3.05) is 0 Å². The van der Waals surface area contributed by atoms with E-state index in [1.807, 2.05) is 54.9 Å². The summed E-state index contributed by atoms with van der Waals surface area (Å²) in [5.41, 5.74) is 7.24. The number of Topliss-reactive ketones (excluding diaryl/α,β-unsaturated/α-hetero) is 1. The van der Waals surface area contributed by atoms with E-state index in [1.165, 1.54) is 21.9 Å². The van der Waals surface area contributed by atoms with Gasteiger partial charge in [-0.25, -0.2) is 0 Å². The molecule has 3 heteroatoms. The van der Waals surface area contributed by atoms with Gasteiger partial charge in [-0.15, -0.1) is 0 Å². The van der Waals surface area contributed by atoms with Crippen molar-refractivity contribution in [3.8, 4) is 11.1 Å². The molecule has 5 rings (SSSR count). The SMILES string of the molecule is Cc1ccc(-c2ccc(Cc3ncccc3C(=O)Cc3ccccc3)cc2)c2ccncc12. The molecule has 0 saturated heterocycles. The van der Waals surface area contributed by atoms with Crippen LogP contribution in [0.2, 0.25) is 0 Å². The highest BCUT2D eigenvalue weighted by atomic mass is 16.1. The first-order chi connectivity index (χ1) is 16.2. The Labute approximate surface area is 193 Å². The molecule has 5 aromatic rings. The van der Waals surface area contributed by atoms with Gasteiger partial charge in [0.25, 0.3) is 0 Å². The topological polar surface area (TPSA) is 42.9 Å². The van der Waals surface area contributed by atoms with Crippen molar-refractivity contribution in [3.63, 3.8) is 0 Å². The molecule has 0 aliphatic carbocycles. The molecule has 0 spiro atoms. The van der Waals surface area contributed by atoms with Crippen molar-refractivity contribution in [2.45, 2.75) is 19.8 Å². The summed E-state index contributed by atoms with van der Waals surface area (Å²) in [6.45, 7) is 2.11. The maximum Gasteiger partial charge on any atom is 0.169 e. The second kappa shape index (κ2) is 9.17. The molecule has 0 unspecified atom stereocenters.